The van der Waals surface area contributed by atoms with E-state index in [0.29, 0.717) is 12.2 Å². The van der Waals surface area contributed by atoms with Crippen molar-refractivity contribution < 1.29 is 0 Å². The first kappa shape index (κ1) is 14.8. The Morgan fingerprint density at radius 1 is 1.33 bits per heavy atom. The zero-order valence-electron chi connectivity index (χ0n) is 12.3. The fourth-order valence-corrected chi connectivity index (χ4v) is 2.13. The highest BCUT2D eigenvalue weighted by Crippen LogP contribution is 2.24. The fourth-order valence-electron chi connectivity index (χ4n) is 2.13. The smallest absolute Gasteiger partial charge is 0.349 e. The van der Waals surface area contributed by atoms with E-state index in [-0.39, 0.29) is 11.4 Å². The predicted octanol–water partition coefficient (Wildman–Crippen LogP) is 2.47. The average molecular weight is 282 g/mol. The molecule has 0 saturated carbocycles. The van der Waals surface area contributed by atoms with Gasteiger partial charge in [-0.1, -0.05) is 43.2 Å². The SMILES string of the molecule is CCCCn1c(N)c(C#N)c(-c2ccc(C)cc2)nc1=O. The highest BCUT2D eigenvalue weighted by Gasteiger charge is 2.16. The number of nitrogens with zero attached hydrogens (tertiary/aromatic N) is 3. The number of benzene rings is 1. The van der Waals surface area contributed by atoms with E-state index >= 15 is 0 Å². The highest BCUT2D eigenvalue weighted by atomic mass is 16.1. The Morgan fingerprint density at radius 2 is 2.00 bits per heavy atom. The molecule has 0 spiro atoms. The molecule has 108 valence electrons. The molecule has 1 aromatic heterocycles. The summed E-state index contributed by atoms with van der Waals surface area (Å²) in [5, 5.41) is 9.37. The largest absolute Gasteiger partial charge is 0.384 e. The molecule has 0 amide bonds. The van der Waals surface area contributed by atoms with Crippen molar-refractivity contribution in [3.63, 3.8) is 0 Å². The van der Waals surface area contributed by atoms with Crippen molar-refractivity contribution in [2.24, 2.45) is 0 Å². The lowest BCUT2D eigenvalue weighted by Crippen LogP contribution is -2.27. The van der Waals surface area contributed by atoms with Gasteiger partial charge in [0.1, 0.15) is 17.5 Å². The molecule has 1 aromatic carbocycles. The highest BCUT2D eigenvalue weighted by molar-refractivity contribution is 5.71. The summed E-state index contributed by atoms with van der Waals surface area (Å²) in [6.07, 6.45) is 1.76. The van der Waals surface area contributed by atoms with Crippen LogP contribution >= 0.6 is 0 Å². The van der Waals surface area contributed by atoms with Gasteiger partial charge in [-0.25, -0.2) is 4.79 Å². The van der Waals surface area contributed by atoms with Gasteiger partial charge in [-0.2, -0.15) is 10.2 Å². The van der Waals surface area contributed by atoms with Crippen molar-refractivity contribution in [3.8, 4) is 17.3 Å². The van der Waals surface area contributed by atoms with Gasteiger partial charge in [0.2, 0.25) is 0 Å². The molecular weight excluding hydrogens is 264 g/mol. The number of hydrogen-bond donors (Lipinski definition) is 1. The average Bonchev–Trinajstić information content (AvgIpc) is 2.47. The van der Waals surface area contributed by atoms with Gasteiger partial charge < -0.3 is 5.73 Å². The Balaban J connectivity index is 2.61. The van der Waals surface area contributed by atoms with Gasteiger partial charge in [0, 0.05) is 12.1 Å². The number of aromatic nitrogens is 2. The zero-order chi connectivity index (χ0) is 15.4. The number of nitriles is 1. The summed E-state index contributed by atoms with van der Waals surface area (Å²) in [4.78, 5) is 16.2. The van der Waals surface area contributed by atoms with E-state index in [4.69, 9.17) is 5.73 Å². The minimum atomic E-state index is -0.407. The predicted molar refractivity (Wildman–Crippen MR) is 82.7 cm³/mol. The molecule has 0 saturated heterocycles. The van der Waals surface area contributed by atoms with Crippen LogP contribution in [0.1, 0.15) is 30.9 Å². The van der Waals surface area contributed by atoms with E-state index in [2.05, 4.69) is 11.1 Å². The molecule has 5 heteroatoms. The van der Waals surface area contributed by atoms with Crippen LogP contribution in [-0.2, 0) is 6.54 Å². The molecule has 21 heavy (non-hydrogen) atoms. The van der Waals surface area contributed by atoms with Gasteiger partial charge in [-0.15, -0.1) is 0 Å². The van der Waals surface area contributed by atoms with Crippen LogP contribution < -0.4 is 11.4 Å². The third-order valence-electron chi connectivity index (χ3n) is 3.39. The standard InChI is InChI=1S/C16H18N4O/c1-3-4-9-20-15(18)13(10-17)14(19-16(20)21)12-7-5-11(2)6-8-12/h5-8H,3-4,9,18H2,1-2H3. The van der Waals surface area contributed by atoms with Crippen LogP contribution in [0, 0.1) is 18.3 Å². The van der Waals surface area contributed by atoms with Crippen molar-refractivity contribution in [1.29, 1.82) is 5.26 Å². The minimum absolute atomic E-state index is 0.196. The number of unbranched alkanes of at least 4 members (excludes halogenated alkanes) is 1. The number of hydrogen-bond acceptors (Lipinski definition) is 4. The minimum Gasteiger partial charge on any atom is -0.384 e. The van der Waals surface area contributed by atoms with Crippen molar-refractivity contribution in [3.05, 3.63) is 45.9 Å². The van der Waals surface area contributed by atoms with Gasteiger partial charge in [0.25, 0.3) is 0 Å². The van der Waals surface area contributed by atoms with Gasteiger partial charge in [0.05, 0.1) is 5.69 Å². The summed E-state index contributed by atoms with van der Waals surface area (Å²) < 4.78 is 1.37. The molecule has 0 aliphatic rings. The van der Waals surface area contributed by atoms with Crippen LogP contribution in [0.4, 0.5) is 5.82 Å². The molecule has 1 heterocycles. The Labute approximate surface area is 123 Å². The van der Waals surface area contributed by atoms with E-state index in [0.717, 1.165) is 24.0 Å². The van der Waals surface area contributed by atoms with Crippen LogP contribution in [-0.4, -0.2) is 9.55 Å². The molecule has 2 aromatic rings. The molecule has 5 nitrogen and oxygen atoms in total. The molecule has 0 radical (unpaired) electrons. The van der Waals surface area contributed by atoms with Crippen LogP contribution in [0.3, 0.4) is 0 Å². The van der Waals surface area contributed by atoms with E-state index in [9.17, 15) is 10.1 Å². The Morgan fingerprint density at radius 3 is 2.57 bits per heavy atom. The molecule has 0 fully saturated rings. The van der Waals surface area contributed by atoms with E-state index in [1.54, 1.807) is 0 Å². The number of nitrogen functional groups attached to an aromatic ring is 1. The summed E-state index contributed by atoms with van der Waals surface area (Å²) in [5.74, 6) is 0.196. The zero-order valence-corrected chi connectivity index (χ0v) is 12.3. The van der Waals surface area contributed by atoms with Crippen molar-refractivity contribution in [1.82, 2.24) is 9.55 Å². The second kappa shape index (κ2) is 6.23. The first-order valence-electron chi connectivity index (χ1n) is 6.96. The lowest BCUT2D eigenvalue weighted by molar-refractivity contribution is 0.607. The lowest BCUT2D eigenvalue weighted by Gasteiger charge is -2.12. The maximum atomic E-state index is 12.1. The number of nitrogens with two attached hydrogens (primary N) is 1. The first-order chi connectivity index (χ1) is 10.1. The summed E-state index contributed by atoms with van der Waals surface area (Å²) >= 11 is 0. The quantitative estimate of drug-likeness (QED) is 0.933. The van der Waals surface area contributed by atoms with Crippen LogP contribution in [0.2, 0.25) is 0 Å². The van der Waals surface area contributed by atoms with Gasteiger partial charge in [-0.05, 0) is 13.3 Å². The van der Waals surface area contributed by atoms with E-state index in [1.807, 2.05) is 38.1 Å². The van der Waals surface area contributed by atoms with Crippen molar-refractivity contribution in [2.45, 2.75) is 33.2 Å². The van der Waals surface area contributed by atoms with Crippen LogP contribution in [0.5, 0.6) is 0 Å². The first-order valence-corrected chi connectivity index (χ1v) is 6.96. The summed E-state index contributed by atoms with van der Waals surface area (Å²) in [5.41, 5.74) is 8.03. The number of anilines is 1. The normalized spacial score (nSPS) is 10.3. The maximum Gasteiger partial charge on any atom is 0.349 e. The Kier molecular flexibility index (Phi) is 4.39. The monoisotopic (exact) mass is 282 g/mol. The van der Waals surface area contributed by atoms with Gasteiger partial charge >= 0.3 is 5.69 Å². The Bertz CT molecular complexity index is 739. The number of rotatable bonds is 4. The summed E-state index contributed by atoms with van der Waals surface area (Å²) in [6.45, 7) is 4.48. The second-order valence-electron chi connectivity index (χ2n) is 4.99. The molecular formula is C16H18N4O. The molecule has 0 aliphatic carbocycles. The fraction of sp³-hybridized carbons (Fsp3) is 0.312. The second-order valence-corrected chi connectivity index (χ2v) is 4.99. The maximum absolute atomic E-state index is 12.1. The Hall–Kier alpha value is -2.61. The molecule has 0 aliphatic heterocycles. The van der Waals surface area contributed by atoms with Crippen LogP contribution in [0.15, 0.2) is 29.1 Å². The van der Waals surface area contributed by atoms with Crippen LogP contribution in [0.25, 0.3) is 11.3 Å². The third kappa shape index (κ3) is 2.95. The third-order valence-corrected chi connectivity index (χ3v) is 3.39. The van der Waals surface area contributed by atoms with Crippen molar-refractivity contribution >= 4 is 5.82 Å². The molecule has 2 N–H and O–H groups in total. The molecule has 0 unspecified atom stereocenters. The van der Waals surface area contributed by atoms with Gasteiger partial charge in [0.15, 0.2) is 0 Å². The molecule has 2 rings (SSSR count). The molecule has 0 atom stereocenters. The van der Waals surface area contributed by atoms with E-state index in [1.165, 1.54) is 4.57 Å². The molecule has 0 bridgehead atoms. The van der Waals surface area contributed by atoms with E-state index < -0.39 is 5.69 Å². The van der Waals surface area contributed by atoms with Gasteiger partial charge in [-0.3, -0.25) is 4.57 Å². The topological polar surface area (TPSA) is 84.7 Å². The number of aryl methyl sites for hydroxylation is 1. The lowest BCUT2D eigenvalue weighted by atomic mass is 10.1. The van der Waals surface area contributed by atoms with Crippen molar-refractivity contribution in [2.75, 3.05) is 5.73 Å². The summed E-state index contributed by atoms with van der Waals surface area (Å²) in [7, 11) is 0. The summed E-state index contributed by atoms with van der Waals surface area (Å²) in [6, 6.07) is 9.58.